The molecule has 2 rings (SSSR count). The molecule has 2 nitrogen and oxygen atoms in total. The molecule has 0 bridgehead atoms. The molecule has 0 saturated heterocycles. The first kappa shape index (κ1) is 13.6. The summed E-state index contributed by atoms with van der Waals surface area (Å²) < 4.78 is 0. The predicted molar refractivity (Wildman–Crippen MR) is 77.8 cm³/mol. The van der Waals surface area contributed by atoms with Crippen molar-refractivity contribution < 1.29 is 4.79 Å². The van der Waals surface area contributed by atoms with Gasteiger partial charge < -0.3 is 5.32 Å². The van der Waals surface area contributed by atoms with E-state index in [4.69, 9.17) is 0 Å². The summed E-state index contributed by atoms with van der Waals surface area (Å²) >= 11 is 3.56. The van der Waals surface area contributed by atoms with Crippen molar-refractivity contribution in [2.45, 2.75) is 25.7 Å². The van der Waals surface area contributed by atoms with Gasteiger partial charge in [0.2, 0.25) is 5.91 Å². The van der Waals surface area contributed by atoms with Crippen LogP contribution in [0, 0.1) is 11.8 Å². The fraction of sp³-hybridized carbons (Fsp3) is 0.533. The van der Waals surface area contributed by atoms with Crippen LogP contribution in [0.25, 0.3) is 0 Å². The summed E-state index contributed by atoms with van der Waals surface area (Å²) in [6, 6.07) is 9.91. The quantitative estimate of drug-likeness (QED) is 0.832. The zero-order chi connectivity index (χ0) is 12.8. The van der Waals surface area contributed by atoms with E-state index in [-0.39, 0.29) is 5.91 Å². The molecule has 1 saturated carbocycles. The zero-order valence-corrected chi connectivity index (χ0v) is 12.2. The van der Waals surface area contributed by atoms with Crippen LogP contribution in [0.1, 0.15) is 24.8 Å². The Hall–Kier alpha value is -0.830. The van der Waals surface area contributed by atoms with E-state index in [1.54, 1.807) is 0 Å². The molecule has 98 valence electrons. The molecule has 0 aliphatic heterocycles. The number of alkyl halides is 1. The van der Waals surface area contributed by atoms with Crippen molar-refractivity contribution in [2.75, 3.05) is 11.9 Å². The molecule has 3 heteroatoms. The van der Waals surface area contributed by atoms with Gasteiger partial charge in [-0.1, -0.05) is 52.7 Å². The van der Waals surface area contributed by atoms with Crippen molar-refractivity contribution in [1.29, 1.82) is 0 Å². The van der Waals surface area contributed by atoms with Crippen molar-refractivity contribution in [3.63, 3.8) is 0 Å². The Morgan fingerprint density at radius 3 is 2.67 bits per heavy atom. The van der Waals surface area contributed by atoms with Crippen molar-refractivity contribution in [3.05, 3.63) is 35.9 Å². The first-order valence-electron chi connectivity index (χ1n) is 6.66. The Morgan fingerprint density at radius 2 is 1.94 bits per heavy atom. The summed E-state index contributed by atoms with van der Waals surface area (Å²) in [6.45, 7) is 0.835. The van der Waals surface area contributed by atoms with Crippen LogP contribution in [0.15, 0.2) is 30.3 Å². The Morgan fingerprint density at radius 1 is 1.22 bits per heavy atom. The summed E-state index contributed by atoms with van der Waals surface area (Å²) in [6.07, 6.45) is 4.34. The highest BCUT2D eigenvalue weighted by atomic mass is 79.9. The number of carbonyl (C=O) groups excluding carboxylic acids is 1. The van der Waals surface area contributed by atoms with Crippen LogP contribution < -0.4 is 5.32 Å². The number of hydrogen-bond acceptors (Lipinski definition) is 1. The molecule has 0 aromatic heterocycles. The average Bonchev–Trinajstić information content (AvgIpc) is 2.85. The van der Waals surface area contributed by atoms with Gasteiger partial charge in [0, 0.05) is 11.9 Å². The fourth-order valence-corrected chi connectivity index (χ4v) is 3.53. The second-order valence-electron chi connectivity index (χ2n) is 5.07. The van der Waals surface area contributed by atoms with Gasteiger partial charge in [-0.3, -0.25) is 4.79 Å². The molecule has 1 aromatic carbocycles. The number of benzene rings is 1. The number of halogens is 1. The molecule has 1 aliphatic rings. The van der Waals surface area contributed by atoms with Gasteiger partial charge in [-0.15, -0.1) is 0 Å². The van der Waals surface area contributed by atoms with E-state index < -0.39 is 0 Å². The highest BCUT2D eigenvalue weighted by Crippen LogP contribution is 2.32. The molecular formula is C15H20BrNO. The van der Waals surface area contributed by atoms with Gasteiger partial charge in [0.25, 0.3) is 0 Å². The minimum atomic E-state index is 0.140. The summed E-state index contributed by atoms with van der Waals surface area (Å²) in [5.74, 6) is 1.53. The Kier molecular flexibility index (Phi) is 5.24. The molecule has 1 fully saturated rings. The minimum absolute atomic E-state index is 0.140. The third-order valence-electron chi connectivity index (χ3n) is 3.78. The lowest BCUT2D eigenvalue weighted by molar-refractivity contribution is -0.120. The molecule has 0 spiro atoms. The largest absolute Gasteiger partial charge is 0.356 e. The van der Waals surface area contributed by atoms with E-state index in [0.717, 1.165) is 23.4 Å². The van der Waals surface area contributed by atoms with Gasteiger partial charge in [0.1, 0.15) is 0 Å². The van der Waals surface area contributed by atoms with Gasteiger partial charge in [-0.05, 0) is 30.2 Å². The van der Waals surface area contributed by atoms with E-state index in [0.29, 0.717) is 12.3 Å². The van der Waals surface area contributed by atoms with Gasteiger partial charge in [-0.25, -0.2) is 0 Å². The molecule has 2 unspecified atom stereocenters. The topological polar surface area (TPSA) is 29.1 Å². The van der Waals surface area contributed by atoms with E-state index in [2.05, 4.69) is 21.2 Å². The normalized spacial score (nSPS) is 22.9. The van der Waals surface area contributed by atoms with Crippen LogP contribution in [0.4, 0.5) is 0 Å². The van der Waals surface area contributed by atoms with Gasteiger partial charge in [0.05, 0.1) is 6.42 Å². The number of rotatable bonds is 5. The molecule has 1 N–H and O–H groups in total. The predicted octanol–water partition coefficient (Wildman–Crippen LogP) is 3.16. The third kappa shape index (κ3) is 3.84. The molecule has 0 heterocycles. The molecule has 1 aromatic rings. The van der Waals surface area contributed by atoms with Crippen molar-refractivity contribution >= 4 is 21.8 Å². The number of nitrogens with one attached hydrogen (secondary N) is 1. The lowest BCUT2D eigenvalue weighted by Crippen LogP contribution is -2.32. The fourth-order valence-electron chi connectivity index (χ4n) is 2.67. The van der Waals surface area contributed by atoms with Crippen LogP contribution in [-0.2, 0) is 11.2 Å². The van der Waals surface area contributed by atoms with E-state index in [9.17, 15) is 4.79 Å². The number of carbonyl (C=O) groups is 1. The maximum atomic E-state index is 11.8. The van der Waals surface area contributed by atoms with Gasteiger partial charge in [-0.2, -0.15) is 0 Å². The standard InChI is InChI=1S/C15H20BrNO/c16-10-13-7-4-8-14(13)11-17-15(18)9-12-5-2-1-3-6-12/h1-3,5-6,13-14H,4,7-11H2,(H,17,18). The summed E-state index contributed by atoms with van der Waals surface area (Å²) in [5.41, 5.74) is 1.08. The van der Waals surface area contributed by atoms with Gasteiger partial charge >= 0.3 is 0 Å². The van der Waals surface area contributed by atoms with E-state index >= 15 is 0 Å². The number of hydrogen-bond donors (Lipinski definition) is 1. The monoisotopic (exact) mass is 309 g/mol. The Balaban J connectivity index is 1.75. The second-order valence-corrected chi connectivity index (χ2v) is 5.72. The number of amides is 1. The van der Waals surface area contributed by atoms with E-state index in [1.807, 2.05) is 30.3 Å². The molecule has 0 radical (unpaired) electrons. The highest BCUT2D eigenvalue weighted by molar-refractivity contribution is 9.09. The zero-order valence-electron chi connectivity index (χ0n) is 10.6. The third-order valence-corrected chi connectivity index (χ3v) is 4.62. The second kappa shape index (κ2) is 6.93. The average molecular weight is 310 g/mol. The molecular weight excluding hydrogens is 290 g/mol. The maximum absolute atomic E-state index is 11.8. The Labute approximate surface area is 117 Å². The molecule has 18 heavy (non-hydrogen) atoms. The Bertz CT molecular complexity index is 379. The van der Waals surface area contributed by atoms with Crippen molar-refractivity contribution in [2.24, 2.45) is 11.8 Å². The molecule has 2 atom stereocenters. The summed E-state index contributed by atoms with van der Waals surface area (Å²) in [5, 5.41) is 4.14. The molecule has 1 aliphatic carbocycles. The first-order valence-corrected chi connectivity index (χ1v) is 7.78. The smallest absolute Gasteiger partial charge is 0.224 e. The van der Waals surface area contributed by atoms with Gasteiger partial charge in [0.15, 0.2) is 0 Å². The van der Waals surface area contributed by atoms with Crippen LogP contribution in [0.5, 0.6) is 0 Å². The van der Waals surface area contributed by atoms with Crippen LogP contribution in [0.3, 0.4) is 0 Å². The van der Waals surface area contributed by atoms with E-state index in [1.165, 1.54) is 19.3 Å². The van der Waals surface area contributed by atoms with Crippen molar-refractivity contribution in [3.8, 4) is 0 Å². The maximum Gasteiger partial charge on any atom is 0.224 e. The lowest BCUT2D eigenvalue weighted by atomic mass is 9.98. The molecule has 1 amide bonds. The summed E-state index contributed by atoms with van der Waals surface area (Å²) in [7, 11) is 0. The summed E-state index contributed by atoms with van der Waals surface area (Å²) in [4.78, 5) is 11.8. The van der Waals surface area contributed by atoms with Crippen LogP contribution in [0.2, 0.25) is 0 Å². The van der Waals surface area contributed by atoms with Crippen LogP contribution in [-0.4, -0.2) is 17.8 Å². The highest BCUT2D eigenvalue weighted by Gasteiger charge is 2.26. The first-order chi connectivity index (χ1) is 8.79. The SMILES string of the molecule is O=C(Cc1ccccc1)NCC1CCCC1CBr. The van der Waals surface area contributed by atoms with Crippen molar-refractivity contribution in [1.82, 2.24) is 5.32 Å². The van der Waals surface area contributed by atoms with Crippen LogP contribution >= 0.6 is 15.9 Å². The minimum Gasteiger partial charge on any atom is -0.356 e. The lowest BCUT2D eigenvalue weighted by Gasteiger charge is -2.17.